The number of hydrogen-bond acceptors (Lipinski definition) is 3. The second-order valence-electron chi connectivity index (χ2n) is 5.04. The minimum Gasteiger partial charge on any atom is -0.394 e. The van der Waals surface area contributed by atoms with Crippen LogP contribution in [0.3, 0.4) is 0 Å². The molecule has 0 bridgehead atoms. The third-order valence-corrected chi connectivity index (χ3v) is 3.32. The number of carbonyl (C=O) groups is 2. The summed E-state index contributed by atoms with van der Waals surface area (Å²) < 4.78 is 0. The van der Waals surface area contributed by atoms with Crippen molar-refractivity contribution in [3.63, 3.8) is 0 Å². The predicted octanol–water partition coefficient (Wildman–Crippen LogP) is -0.306. The quantitative estimate of drug-likeness (QED) is 0.721. The van der Waals surface area contributed by atoms with E-state index in [0.717, 1.165) is 0 Å². The van der Waals surface area contributed by atoms with E-state index >= 15 is 0 Å². The highest BCUT2D eigenvalue weighted by atomic mass is 16.3. The maximum Gasteiger partial charge on any atom is 0.228 e. The summed E-state index contributed by atoms with van der Waals surface area (Å²) in [6.45, 7) is 3.98. The van der Waals surface area contributed by atoms with Gasteiger partial charge in [0.15, 0.2) is 0 Å². The van der Waals surface area contributed by atoms with E-state index in [4.69, 9.17) is 0 Å². The molecule has 5 nitrogen and oxygen atoms in total. The largest absolute Gasteiger partial charge is 0.394 e. The molecule has 16 heavy (non-hydrogen) atoms. The van der Waals surface area contributed by atoms with Crippen LogP contribution >= 0.6 is 0 Å². The maximum absolute atomic E-state index is 12.1. The van der Waals surface area contributed by atoms with Crippen LogP contribution in [0, 0.1) is 5.92 Å². The van der Waals surface area contributed by atoms with E-state index < -0.39 is 5.54 Å². The number of rotatable bonds is 3. The van der Waals surface area contributed by atoms with Crippen molar-refractivity contribution >= 4 is 11.8 Å². The second-order valence-corrected chi connectivity index (χ2v) is 5.04. The van der Waals surface area contributed by atoms with Crippen molar-refractivity contribution < 1.29 is 14.7 Å². The summed E-state index contributed by atoms with van der Waals surface area (Å²) in [7, 11) is 3.37. The first-order chi connectivity index (χ1) is 7.29. The molecule has 2 amide bonds. The Kier molecular flexibility index (Phi) is 3.57. The molecule has 1 aliphatic rings. The van der Waals surface area contributed by atoms with Crippen molar-refractivity contribution in [1.82, 2.24) is 9.80 Å². The van der Waals surface area contributed by atoms with Gasteiger partial charge in [-0.2, -0.15) is 0 Å². The van der Waals surface area contributed by atoms with Crippen molar-refractivity contribution in [2.45, 2.75) is 25.8 Å². The van der Waals surface area contributed by atoms with Crippen molar-refractivity contribution in [1.29, 1.82) is 0 Å². The monoisotopic (exact) mass is 228 g/mol. The molecule has 1 heterocycles. The molecular weight excluding hydrogens is 208 g/mol. The summed E-state index contributed by atoms with van der Waals surface area (Å²) in [6, 6.07) is 0. The number of hydrogen-bond donors (Lipinski definition) is 1. The first kappa shape index (κ1) is 13.0. The maximum atomic E-state index is 12.1. The average Bonchev–Trinajstić information content (AvgIpc) is 2.57. The topological polar surface area (TPSA) is 60.9 Å². The van der Waals surface area contributed by atoms with Gasteiger partial charge in [-0.15, -0.1) is 0 Å². The summed E-state index contributed by atoms with van der Waals surface area (Å²) in [5.41, 5.74) is -0.582. The van der Waals surface area contributed by atoms with Crippen LogP contribution in [0.4, 0.5) is 0 Å². The Labute approximate surface area is 96.0 Å². The van der Waals surface area contributed by atoms with Gasteiger partial charge in [0, 0.05) is 27.1 Å². The minimum atomic E-state index is -0.582. The molecule has 1 atom stereocenters. The number of aliphatic hydroxyl groups excluding tert-OH is 1. The predicted molar refractivity (Wildman–Crippen MR) is 59.7 cm³/mol. The Morgan fingerprint density at radius 1 is 1.62 bits per heavy atom. The highest BCUT2D eigenvalue weighted by molar-refractivity contribution is 5.89. The Bertz CT molecular complexity index is 302. The molecule has 1 N–H and O–H groups in total. The van der Waals surface area contributed by atoms with Gasteiger partial charge < -0.3 is 14.9 Å². The first-order valence-electron chi connectivity index (χ1n) is 5.42. The summed E-state index contributed by atoms with van der Waals surface area (Å²) in [5, 5.41) is 9.19. The number of likely N-dealkylation sites (tertiary alicyclic amines) is 1. The summed E-state index contributed by atoms with van der Waals surface area (Å²) >= 11 is 0. The van der Waals surface area contributed by atoms with Crippen molar-refractivity contribution in [2.75, 3.05) is 27.2 Å². The van der Waals surface area contributed by atoms with Crippen LogP contribution in [0.15, 0.2) is 0 Å². The molecule has 0 saturated carbocycles. The Hall–Kier alpha value is -1.10. The zero-order valence-electron chi connectivity index (χ0n) is 10.4. The third-order valence-electron chi connectivity index (χ3n) is 3.32. The highest BCUT2D eigenvalue weighted by Gasteiger charge is 2.37. The van der Waals surface area contributed by atoms with E-state index in [1.54, 1.807) is 32.8 Å². The number of likely N-dealkylation sites (N-methyl/N-ethyl adjacent to an activating group) is 1. The van der Waals surface area contributed by atoms with Gasteiger partial charge in [-0.3, -0.25) is 9.59 Å². The fourth-order valence-corrected chi connectivity index (χ4v) is 1.71. The molecular formula is C11H20N2O3. The van der Waals surface area contributed by atoms with Gasteiger partial charge in [0.25, 0.3) is 0 Å². The van der Waals surface area contributed by atoms with E-state index in [1.165, 1.54) is 4.90 Å². The van der Waals surface area contributed by atoms with Gasteiger partial charge in [-0.1, -0.05) is 0 Å². The van der Waals surface area contributed by atoms with Crippen LogP contribution in [0.2, 0.25) is 0 Å². The number of amides is 2. The standard InChI is InChI=1S/C11H20N2O3/c1-11(2,7-14)13(4)10(16)8-5-9(15)12(3)6-8/h8,14H,5-7H2,1-4H3. The second kappa shape index (κ2) is 4.41. The Morgan fingerprint density at radius 2 is 2.19 bits per heavy atom. The lowest BCUT2D eigenvalue weighted by Crippen LogP contribution is -2.50. The lowest BCUT2D eigenvalue weighted by molar-refractivity contribution is -0.140. The number of carbonyl (C=O) groups excluding carboxylic acids is 2. The van der Waals surface area contributed by atoms with Gasteiger partial charge >= 0.3 is 0 Å². The van der Waals surface area contributed by atoms with E-state index in [-0.39, 0.29) is 30.8 Å². The molecule has 1 rings (SSSR count). The Balaban J connectivity index is 2.69. The number of nitrogens with zero attached hydrogens (tertiary/aromatic N) is 2. The van der Waals surface area contributed by atoms with Crippen LogP contribution in [-0.2, 0) is 9.59 Å². The minimum absolute atomic E-state index is 0.00792. The van der Waals surface area contributed by atoms with E-state index in [0.29, 0.717) is 6.54 Å². The molecule has 5 heteroatoms. The van der Waals surface area contributed by atoms with Crippen LogP contribution in [-0.4, -0.2) is 59.5 Å². The Morgan fingerprint density at radius 3 is 2.56 bits per heavy atom. The zero-order valence-corrected chi connectivity index (χ0v) is 10.4. The van der Waals surface area contributed by atoms with Crippen molar-refractivity contribution in [3.8, 4) is 0 Å². The van der Waals surface area contributed by atoms with E-state index in [2.05, 4.69) is 0 Å². The normalized spacial score (nSPS) is 21.4. The van der Waals surface area contributed by atoms with Gasteiger partial charge in [0.05, 0.1) is 18.1 Å². The lowest BCUT2D eigenvalue weighted by atomic mass is 10.0. The number of aliphatic hydroxyl groups is 1. The molecule has 0 radical (unpaired) electrons. The van der Waals surface area contributed by atoms with Gasteiger partial charge in [-0.05, 0) is 13.8 Å². The molecule has 1 unspecified atom stereocenters. The van der Waals surface area contributed by atoms with Gasteiger partial charge in [-0.25, -0.2) is 0 Å². The lowest BCUT2D eigenvalue weighted by Gasteiger charge is -2.35. The summed E-state index contributed by atoms with van der Waals surface area (Å²) in [5.74, 6) is -0.335. The third kappa shape index (κ3) is 2.35. The van der Waals surface area contributed by atoms with E-state index in [9.17, 15) is 14.7 Å². The fourth-order valence-electron chi connectivity index (χ4n) is 1.71. The SMILES string of the molecule is CN1CC(C(=O)N(C)C(C)(C)CO)CC1=O. The first-order valence-corrected chi connectivity index (χ1v) is 5.42. The molecule has 0 aromatic rings. The molecule has 1 aliphatic heterocycles. The molecule has 0 aromatic heterocycles. The zero-order chi connectivity index (χ0) is 12.5. The highest BCUT2D eigenvalue weighted by Crippen LogP contribution is 2.22. The van der Waals surface area contributed by atoms with Gasteiger partial charge in [0.2, 0.25) is 11.8 Å². The van der Waals surface area contributed by atoms with Gasteiger partial charge in [0.1, 0.15) is 0 Å². The van der Waals surface area contributed by atoms with Crippen molar-refractivity contribution in [2.24, 2.45) is 5.92 Å². The van der Waals surface area contributed by atoms with Crippen LogP contribution in [0.25, 0.3) is 0 Å². The van der Waals surface area contributed by atoms with E-state index in [1.807, 2.05) is 0 Å². The fraction of sp³-hybridized carbons (Fsp3) is 0.818. The smallest absolute Gasteiger partial charge is 0.228 e. The van der Waals surface area contributed by atoms with Crippen LogP contribution in [0.1, 0.15) is 20.3 Å². The van der Waals surface area contributed by atoms with Crippen molar-refractivity contribution in [3.05, 3.63) is 0 Å². The summed E-state index contributed by atoms with van der Waals surface area (Å²) in [4.78, 5) is 26.5. The molecule has 92 valence electrons. The van der Waals surface area contributed by atoms with Crippen LogP contribution < -0.4 is 0 Å². The average molecular weight is 228 g/mol. The molecule has 0 aromatic carbocycles. The molecule has 0 spiro atoms. The summed E-state index contributed by atoms with van der Waals surface area (Å²) in [6.07, 6.45) is 0.279. The van der Waals surface area contributed by atoms with Crippen LogP contribution in [0.5, 0.6) is 0 Å². The molecule has 1 fully saturated rings. The molecule has 0 aliphatic carbocycles. The molecule has 1 saturated heterocycles.